The first-order valence-electron chi connectivity index (χ1n) is 4.78. The molecule has 6 heteroatoms. The van der Waals surface area contributed by atoms with Crippen LogP contribution >= 0.6 is 0 Å². The van der Waals surface area contributed by atoms with Crippen LogP contribution in [0, 0.1) is 0 Å². The van der Waals surface area contributed by atoms with Crippen molar-refractivity contribution in [3.05, 3.63) is 30.0 Å². The topological polar surface area (TPSA) is 95.4 Å². The van der Waals surface area contributed by atoms with Crippen molar-refractivity contribution in [1.29, 1.82) is 0 Å². The van der Waals surface area contributed by atoms with Crippen molar-refractivity contribution in [2.24, 2.45) is 0 Å². The number of nitrogens with zero attached hydrogens (tertiary/aromatic N) is 1. The lowest BCUT2D eigenvalue weighted by molar-refractivity contribution is 0.0690. The molecule has 0 atom stereocenters. The summed E-state index contributed by atoms with van der Waals surface area (Å²) in [6, 6.07) is 5.92. The number of benzene rings is 1. The minimum absolute atomic E-state index is 0.00451. The van der Waals surface area contributed by atoms with Crippen molar-refractivity contribution in [1.82, 2.24) is 10.2 Å². The molecule has 0 unspecified atom stereocenters. The fourth-order valence-corrected chi connectivity index (χ4v) is 1.46. The molecule has 0 amide bonds. The zero-order valence-electron chi connectivity index (χ0n) is 8.97. The molecule has 1 heterocycles. The first kappa shape index (κ1) is 11.0. The van der Waals surface area contributed by atoms with Gasteiger partial charge in [-0.2, -0.15) is 5.10 Å². The number of aromatic amines is 1. The fraction of sp³-hybridized carbons (Fsp3) is 0.0909. The van der Waals surface area contributed by atoms with Crippen LogP contribution in [0.25, 0.3) is 11.3 Å². The van der Waals surface area contributed by atoms with Crippen molar-refractivity contribution in [3.63, 3.8) is 0 Å². The van der Waals surface area contributed by atoms with Gasteiger partial charge in [0.05, 0.1) is 12.8 Å². The molecule has 6 nitrogen and oxygen atoms in total. The van der Waals surface area contributed by atoms with Gasteiger partial charge in [-0.05, 0) is 18.2 Å². The predicted octanol–water partition coefficient (Wildman–Crippen LogP) is 1.49. The van der Waals surface area contributed by atoms with Crippen LogP contribution in [0.1, 0.15) is 10.5 Å². The number of aromatic hydroxyl groups is 1. The Labute approximate surface area is 96.5 Å². The van der Waals surface area contributed by atoms with Crippen LogP contribution in [0.5, 0.6) is 11.5 Å². The summed E-state index contributed by atoms with van der Waals surface area (Å²) < 4.78 is 5.09. The van der Waals surface area contributed by atoms with Crippen LogP contribution in [0.15, 0.2) is 24.3 Å². The number of carboxylic acid groups (broad SMARTS) is 1. The van der Waals surface area contributed by atoms with Crippen LogP contribution < -0.4 is 4.74 Å². The maximum atomic E-state index is 10.7. The molecule has 0 saturated heterocycles. The van der Waals surface area contributed by atoms with Gasteiger partial charge in [0.15, 0.2) is 0 Å². The van der Waals surface area contributed by atoms with Crippen LogP contribution in [-0.4, -0.2) is 33.5 Å². The Bertz CT molecular complexity index is 562. The molecule has 0 spiro atoms. The number of phenols is 1. The summed E-state index contributed by atoms with van der Waals surface area (Å²) in [6.07, 6.45) is 0. The summed E-state index contributed by atoms with van der Waals surface area (Å²) >= 11 is 0. The van der Waals surface area contributed by atoms with E-state index in [1.165, 1.54) is 25.3 Å². The van der Waals surface area contributed by atoms with Gasteiger partial charge in [0.25, 0.3) is 0 Å². The number of aromatic nitrogens is 2. The Kier molecular flexibility index (Phi) is 2.70. The normalized spacial score (nSPS) is 10.2. The first-order chi connectivity index (χ1) is 8.11. The molecule has 2 rings (SSSR count). The molecular formula is C11H10N2O4. The van der Waals surface area contributed by atoms with E-state index in [1.54, 1.807) is 6.07 Å². The summed E-state index contributed by atoms with van der Waals surface area (Å²) in [5.74, 6) is -0.588. The number of carbonyl (C=O) groups is 1. The average Bonchev–Trinajstić information content (AvgIpc) is 2.78. The third kappa shape index (κ3) is 2.05. The summed E-state index contributed by atoms with van der Waals surface area (Å²) in [7, 11) is 1.46. The maximum absolute atomic E-state index is 10.7. The van der Waals surface area contributed by atoms with Gasteiger partial charge < -0.3 is 14.9 Å². The van der Waals surface area contributed by atoms with Crippen molar-refractivity contribution in [2.45, 2.75) is 0 Å². The number of carboxylic acids is 1. The summed E-state index contributed by atoms with van der Waals surface area (Å²) in [5.41, 5.74) is 1.04. The van der Waals surface area contributed by atoms with E-state index >= 15 is 0 Å². The van der Waals surface area contributed by atoms with E-state index in [4.69, 9.17) is 9.84 Å². The van der Waals surface area contributed by atoms with E-state index in [1.807, 2.05) is 0 Å². The molecule has 0 radical (unpaired) electrons. The van der Waals surface area contributed by atoms with Crippen LogP contribution in [0.2, 0.25) is 0 Å². The third-order valence-corrected chi connectivity index (χ3v) is 2.27. The number of H-pyrrole nitrogens is 1. The molecule has 1 aromatic heterocycles. The quantitative estimate of drug-likeness (QED) is 0.747. The van der Waals surface area contributed by atoms with Gasteiger partial charge in [0.1, 0.15) is 17.2 Å². The molecule has 0 bridgehead atoms. The molecule has 17 heavy (non-hydrogen) atoms. The Hall–Kier alpha value is -2.50. The molecule has 0 fully saturated rings. The maximum Gasteiger partial charge on any atom is 0.353 e. The number of methoxy groups -OCH3 is 1. The number of aromatic carboxylic acids is 1. The van der Waals surface area contributed by atoms with Gasteiger partial charge in [0.2, 0.25) is 0 Å². The van der Waals surface area contributed by atoms with Gasteiger partial charge >= 0.3 is 5.97 Å². The monoisotopic (exact) mass is 234 g/mol. The average molecular weight is 234 g/mol. The minimum Gasteiger partial charge on any atom is -0.508 e. The van der Waals surface area contributed by atoms with Gasteiger partial charge in [-0.3, -0.25) is 5.10 Å². The first-order valence-corrected chi connectivity index (χ1v) is 4.78. The predicted molar refractivity (Wildman–Crippen MR) is 59.2 cm³/mol. The zero-order valence-corrected chi connectivity index (χ0v) is 8.97. The van der Waals surface area contributed by atoms with E-state index in [0.29, 0.717) is 17.0 Å². The van der Waals surface area contributed by atoms with Crippen molar-refractivity contribution in [2.75, 3.05) is 7.11 Å². The Morgan fingerprint density at radius 1 is 1.41 bits per heavy atom. The minimum atomic E-state index is -1.08. The zero-order chi connectivity index (χ0) is 12.4. The SMILES string of the molecule is COc1cc(O)ccc1-c1cc(C(=O)O)[nH]n1. The van der Waals surface area contributed by atoms with Crippen LogP contribution in [0.3, 0.4) is 0 Å². The van der Waals surface area contributed by atoms with Gasteiger partial charge in [0, 0.05) is 11.6 Å². The van der Waals surface area contributed by atoms with Crippen LogP contribution in [0.4, 0.5) is 0 Å². The fourth-order valence-electron chi connectivity index (χ4n) is 1.46. The number of ether oxygens (including phenoxy) is 1. The summed E-state index contributed by atoms with van der Waals surface area (Å²) in [6.45, 7) is 0. The summed E-state index contributed by atoms with van der Waals surface area (Å²) in [4.78, 5) is 10.7. The molecule has 0 aliphatic rings. The number of hydrogen-bond acceptors (Lipinski definition) is 4. The molecule has 0 aliphatic carbocycles. The molecule has 2 aromatic rings. The molecule has 0 saturated carbocycles. The highest BCUT2D eigenvalue weighted by atomic mass is 16.5. The third-order valence-electron chi connectivity index (χ3n) is 2.27. The molecule has 0 aliphatic heterocycles. The van der Waals surface area contributed by atoms with Gasteiger partial charge in [-0.25, -0.2) is 4.79 Å². The number of nitrogens with one attached hydrogen (secondary N) is 1. The number of rotatable bonds is 3. The highest BCUT2D eigenvalue weighted by Gasteiger charge is 2.13. The number of phenolic OH excluding ortho intramolecular Hbond substituents is 1. The Morgan fingerprint density at radius 3 is 2.76 bits per heavy atom. The second-order valence-electron chi connectivity index (χ2n) is 3.36. The molecule has 1 aromatic carbocycles. The van der Waals surface area contributed by atoms with E-state index in [2.05, 4.69) is 10.2 Å². The van der Waals surface area contributed by atoms with Gasteiger partial charge in [-0.1, -0.05) is 0 Å². The van der Waals surface area contributed by atoms with E-state index < -0.39 is 5.97 Å². The lowest BCUT2D eigenvalue weighted by atomic mass is 10.1. The highest BCUT2D eigenvalue weighted by Crippen LogP contribution is 2.31. The van der Waals surface area contributed by atoms with Gasteiger partial charge in [-0.15, -0.1) is 0 Å². The van der Waals surface area contributed by atoms with E-state index in [9.17, 15) is 9.90 Å². The standard InChI is InChI=1S/C11H10N2O4/c1-17-10-4-6(14)2-3-7(10)8-5-9(11(15)16)13-12-8/h2-5,14H,1H3,(H,12,13)(H,15,16). The van der Waals surface area contributed by atoms with Crippen molar-refractivity contribution >= 4 is 5.97 Å². The van der Waals surface area contributed by atoms with Crippen molar-refractivity contribution in [3.8, 4) is 22.8 Å². The number of hydrogen-bond donors (Lipinski definition) is 3. The molecule has 3 N–H and O–H groups in total. The van der Waals surface area contributed by atoms with E-state index in [0.717, 1.165) is 0 Å². The Balaban J connectivity index is 2.48. The largest absolute Gasteiger partial charge is 0.508 e. The highest BCUT2D eigenvalue weighted by molar-refractivity contribution is 5.87. The smallest absolute Gasteiger partial charge is 0.353 e. The second kappa shape index (κ2) is 4.17. The van der Waals surface area contributed by atoms with Crippen LogP contribution in [-0.2, 0) is 0 Å². The Morgan fingerprint density at radius 2 is 2.18 bits per heavy atom. The molecular weight excluding hydrogens is 224 g/mol. The summed E-state index contributed by atoms with van der Waals surface area (Å²) in [5, 5.41) is 24.4. The lowest BCUT2D eigenvalue weighted by Gasteiger charge is -2.05. The van der Waals surface area contributed by atoms with Crippen molar-refractivity contribution < 1.29 is 19.7 Å². The second-order valence-corrected chi connectivity index (χ2v) is 3.36. The lowest BCUT2D eigenvalue weighted by Crippen LogP contribution is -1.95. The molecule has 88 valence electrons. The van der Waals surface area contributed by atoms with E-state index in [-0.39, 0.29) is 11.4 Å².